The van der Waals surface area contributed by atoms with Crippen LogP contribution in [0.3, 0.4) is 0 Å². The summed E-state index contributed by atoms with van der Waals surface area (Å²) in [6, 6.07) is 4.91. The number of amides is 1. The molecule has 0 unspecified atom stereocenters. The minimum absolute atomic E-state index is 0.170. The Hall–Kier alpha value is -0.950. The van der Waals surface area contributed by atoms with Gasteiger partial charge in [-0.1, -0.05) is 0 Å². The summed E-state index contributed by atoms with van der Waals surface area (Å²) in [4.78, 5) is 19.9. The zero-order chi connectivity index (χ0) is 16.5. The molecule has 0 aromatic carbocycles. The van der Waals surface area contributed by atoms with Gasteiger partial charge < -0.3 is 14.4 Å². The van der Waals surface area contributed by atoms with E-state index < -0.39 is 0 Å². The lowest BCUT2D eigenvalue weighted by Crippen LogP contribution is -2.51. The number of hydrogen-bond acceptors (Lipinski definition) is 5. The van der Waals surface area contributed by atoms with Gasteiger partial charge in [0.2, 0.25) is 0 Å². The summed E-state index contributed by atoms with van der Waals surface area (Å²) in [6.07, 6.45) is 2.93. The van der Waals surface area contributed by atoms with E-state index in [4.69, 9.17) is 9.47 Å². The van der Waals surface area contributed by atoms with E-state index in [-0.39, 0.29) is 18.1 Å². The molecule has 3 atom stereocenters. The number of nitrogens with zero attached hydrogens (tertiary/aromatic N) is 2. The Kier molecular flexibility index (Phi) is 4.90. The molecule has 5 nitrogen and oxygen atoms in total. The third-order valence-corrected chi connectivity index (χ3v) is 6.40. The van der Waals surface area contributed by atoms with E-state index in [1.165, 1.54) is 9.75 Å². The van der Waals surface area contributed by atoms with Crippen molar-refractivity contribution in [1.29, 1.82) is 0 Å². The molecule has 1 amide bonds. The Labute approximate surface area is 147 Å². The SMILES string of the molecule is Cc1ccc(CN2CC[C@@H]3O[C@H](C(=O)N4CCOCC4)CC[C@@H]32)s1. The van der Waals surface area contributed by atoms with Crippen LogP contribution in [-0.2, 0) is 20.8 Å². The van der Waals surface area contributed by atoms with Crippen molar-refractivity contribution in [3.8, 4) is 0 Å². The summed E-state index contributed by atoms with van der Waals surface area (Å²) < 4.78 is 11.6. The number of fused-ring (bicyclic) bond motifs is 1. The predicted molar refractivity (Wildman–Crippen MR) is 93.2 cm³/mol. The van der Waals surface area contributed by atoms with Crippen LogP contribution < -0.4 is 0 Å². The molecule has 4 heterocycles. The van der Waals surface area contributed by atoms with Gasteiger partial charge in [-0.25, -0.2) is 0 Å². The Bertz CT molecular complexity index is 585. The fourth-order valence-electron chi connectivity index (χ4n) is 4.15. The van der Waals surface area contributed by atoms with Crippen molar-refractivity contribution in [1.82, 2.24) is 9.80 Å². The number of morpholine rings is 1. The second-order valence-corrected chi connectivity index (χ2v) is 8.39. The molecule has 1 aromatic rings. The van der Waals surface area contributed by atoms with Crippen LogP contribution in [0.2, 0.25) is 0 Å². The van der Waals surface area contributed by atoms with Crippen LogP contribution >= 0.6 is 11.3 Å². The normalized spacial score (nSPS) is 31.2. The van der Waals surface area contributed by atoms with Crippen molar-refractivity contribution in [2.45, 2.75) is 51.0 Å². The van der Waals surface area contributed by atoms with E-state index in [0.717, 1.165) is 32.4 Å². The van der Waals surface area contributed by atoms with Crippen LogP contribution in [0, 0.1) is 6.92 Å². The van der Waals surface area contributed by atoms with Gasteiger partial charge in [-0.05, 0) is 38.3 Å². The highest BCUT2D eigenvalue weighted by Crippen LogP contribution is 2.33. The monoisotopic (exact) mass is 350 g/mol. The zero-order valence-electron chi connectivity index (χ0n) is 14.3. The van der Waals surface area contributed by atoms with E-state index in [9.17, 15) is 4.79 Å². The largest absolute Gasteiger partial charge is 0.378 e. The zero-order valence-corrected chi connectivity index (χ0v) is 15.1. The molecule has 0 saturated carbocycles. The van der Waals surface area contributed by atoms with E-state index >= 15 is 0 Å². The fourth-order valence-corrected chi connectivity index (χ4v) is 5.07. The van der Waals surface area contributed by atoms with Crippen molar-refractivity contribution in [2.24, 2.45) is 0 Å². The van der Waals surface area contributed by atoms with Gasteiger partial charge in [0.1, 0.15) is 6.10 Å². The van der Waals surface area contributed by atoms with E-state index in [2.05, 4.69) is 24.0 Å². The van der Waals surface area contributed by atoms with Crippen LogP contribution in [0.25, 0.3) is 0 Å². The number of likely N-dealkylation sites (tertiary alicyclic amines) is 1. The third-order valence-electron chi connectivity index (χ3n) is 5.42. The quantitative estimate of drug-likeness (QED) is 0.837. The van der Waals surface area contributed by atoms with Crippen molar-refractivity contribution in [3.05, 3.63) is 21.9 Å². The van der Waals surface area contributed by atoms with Crippen molar-refractivity contribution >= 4 is 17.2 Å². The molecular formula is C18H26N2O3S. The predicted octanol–water partition coefficient (Wildman–Crippen LogP) is 2.04. The standard InChI is InChI=1S/C18H26N2O3S/c1-13-2-3-14(24-13)12-20-7-6-16-15(20)4-5-17(23-16)18(21)19-8-10-22-11-9-19/h2-3,15-17H,4-12H2,1H3/t15-,16-,17-/m0/s1. The Balaban J connectivity index is 1.34. The molecule has 24 heavy (non-hydrogen) atoms. The number of carbonyl (C=O) groups is 1. The summed E-state index contributed by atoms with van der Waals surface area (Å²) in [5, 5.41) is 0. The van der Waals surface area contributed by atoms with Gasteiger partial charge in [-0.3, -0.25) is 9.69 Å². The van der Waals surface area contributed by atoms with Crippen LogP contribution in [0.15, 0.2) is 12.1 Å². The lowest BCUT2D eigenvalue weighted by molar-refractivity contribution is -0.158. The molecule has 6 heteroatoms. The van der Waals surface area contributed by atoms with Gasteiger partial charge in [-0.2, -0.15) is 0 Å². The van der Waals surface area contributed by atoms with Gasteiger partial charge in [0.15, 0.2) is 0 Å². The maximum Gasteiger partial charge on any atom is 0.251 e. The number of aryl methyl sites for hydroxylation is 1. The molecule has 0 N–H and O–H groups in total. The number of carbonyl (C=O) groups excluding carboxylic acids is 1. The number of rotatable bonds is 3. The molecule has 132 valence electrons. The minimum atomic E-state index is -0.242. The van der Waals surface area contributed by atoms with Crippen LogP contribution in [0.4, 0.5) is 0 Å². The number of ether oxygens (including phenoxy) is 2. The first-order chi connectivity index (χ1) is 11.7. The molecule has 4 rings (SSSR count). The second kappa shape index (κ2) is 7.12. The van der Waals surface area contributed by atoms with Crippen LogP contribution in [-0.4, -0.2) is 66.8 Å². The van der Waals surface area contributed by atoms with Crippen molar-refractivity contribution in [2.75, 3.05) is 32.8 Å². The summed E-state index contributed by atoms with van der Waals surface area (Å²) in [6.45, 7) is 6.96. The van der Waals surface area contributed by atoms with Gasteiger partial charge in [0.25, 0.3) is 5.91 Å². The average molecular weight is 350 g/mol. The summed E-state index contributed by atoms with van der Waals surface area (Å²) in [5.74, 6) is 0.170. The molecule has 0 spiro atoms. The molecule has 1 aromatic heterocycles. The van der Waals surface area contributed by atoms with Crippen LogP contribution in [0.1, 0.15) is 29.0 Å². The molecule has 3 saturated heterocycles. The Morgan fingerprint density at radius 2 is 2.04 bits per heavy atom. The van der Waals surface area contributed by atoms with Crippen LogP contribution in [0.5, 0.6) is 0 Å². The summed E-state index contributed by atoms with van der Waals surface area (Å²) in [7, 11) is 0. The summed E-state index contributed by atoms with van der Waals surface area (Å²) in [5.41, 5.74) is 0. The molecular weight excluding hydrogens is 324 g/mol. The fraction of sp³-hybridized carbons (Fsp3) is 0.722. The Morgan fingerprint density at radius 1 is 1.21 bits per heavy atom. The maximum absolute atomic E-state index is 12.7. The molecule has 3 fully saturated rings. The smallest absolute Gasteiger partial charge is 0.251 e. The molecule has 0 radical (unpaired) electrons. The minimum Gasteiger partial charge on any atom is -0.378 e. The summed E-state index contributed by atoms with van der Waals surface area (Å²) >= 11 is 1.88. The van der Waals surface area contributed by atoms with Gasteiger partial charge >= 0.3 is 0 Å². The topological polar surface area (TPSA) is 42.0 Å². The third kappa shape index (κ3) is 3.38. The lowest BCUT2D eigenvalue weighted by Gasteiger charge is -2.38. The van der Waals surface area contributed by atoms with E-state index in [1.807, 2.05) is 16.2 Å². The first kappa shape index (κ1) is 16.5. The highest BCUT2D eigenvalue weighted by Gasteiger charge is 2.42. The van der Waals surface area contributed by atoms with E-state index in [0.29, 0.717) is 32.3 Å². The number of thiophene rings is 1. The lowest BCUT2D eigenvalue weighted by atomic mass is 9.98. The second-order valence-electron chi connectivity index (χ2n) is 7.02. The highest BCUT2D eigenvalue weighted by molar-refractivity contribution is 7.11. The highest BCUT2D eigenvalue weighted by atomic mass is 32.1. The van der Waals surface area contributed by atoms with Gasteiger partial charge in [-0.15, -0.1) is 11.3 Å². The molecule has 3 aliphatic rings. The Morgan fingerprint density at radius 3 is 2.79 bits per heavy atom. The first-order valence-corrected chi connectivity index (χ1v) is 9.84. The molecule has 0 bridgehead atoms. The molecule has 0 aliphatic carbocycles. The first-order valence-electron chi connectivity index (χ1n) is 9.02. The van der Waals surface area contributed by atoms with E-state index in [1.54, 1.807) is 0 Å². The molecule has 3 aliphatic heterocycles. The maximum atomic E-state index is 12.7. The van der Waals surface area contributed by atoms with Crippen molar-refractivity contribution in [3.63, 3.8) is 0 Å². The van der Waals surface area contributed by atoms with Gasteiger partial charge in [0.05, 0.1) is 19.3 Å². The number of hydrogen-bond donors (Lipinski definition) is 0. The van der Waals surface area contributed by atoms with Crippen molar-refractivity contribution < 1.29 is 14.3 Å². The van der Waals surface area contributed by atoms with Gasteiger partial charge in [0, 0.05) is 42.0 Å². The average Bonchev–Trinajstić information content (AvgIpc) is 3.21.